The zero-order valence-corrected chi connectivity index (χ0v) is 19.1. The summed E-state index contributed by atoms with van der Waals surface area (Å²) in [7, 11) is 0. The number of amides is 2. The molecule has 2 N–H and O–H groups in total. The smallest absolute Gasteiger partial charge is 0.323 e. The lowest BCUT2D eigenvalue weighted by Crippen LogP contribution is -2.42. The predicted octanol–water partition coefficient (Wildman–Crippen LogP) is 3.67. The van der Waals surface area contributed by atoms with Crippen molar-refractivity contribution in [3.8, 4) is 0 Å². The number of nitrogens with one attached hydrogen (secondary N) is 1. The molecule has 6 rings (SSSR count). The van der Waals surface area contributed by atoms with Crippen molar-refractivity contribution in [1.82, 2.24) is 9.88 Å². The summed E-state index contributed by atoms with van der Waals surface area (Å²) < 4.78 is 0.753. The Balaban J connectivity index is 1.47. The average Bonchev–Trinajstić information content (AvgIpc) is 3.44. The van der Waals surface area contributed by atoms with E-state index in [0.29, 0.717) is 0 Å². The Hall–Kier alpha value is -1.97. The molecule has 0 radical (unpaired) electrons. The van der Waals surface area contributed by atoms with Gasteiger partial charge in [-0.1, -0.05) is 24.3 Å². The van der Waals surface area contributed by atoms with Gasteiger partial charge in [0.15, 0.2) is 3.95 Å². The Kier molecular flexibility index (Phi) is 4.30. The molecule has 2 saturated carbocycles. The van der Waals surface area contributed by atoms with Crippen LogP contribution in [0.25, 0.3) is 0 Å². The number of likely N-dealkylation sites (tertiary alicyclic amines) is 1. The minimum absolute atomic E-state index is 0.0798. The van der Waals surface area contributed by atoms with Gasteiger partial charge in [0.1, 0.15) is 6.54 Å². The van der Waals surface area contributed by atoms with Crippen molar-refractivity contribution >= 4 is 53.1 Å². The quantitative estimate of drug-likeness (QED) is 0.523. The van der Waals surface area contributed by atoms with Gasteiger partial charge in [-0.2, -0.15) is 0 Å². The monoisotopic (exact) mass is 472 g/mol. The van der Waals surface area contributed by atoms with E-state index in [1.54, 1.807) is 23.1 Å². The second-order valence-electron chi connectivity index (χ2n) is 8.97. The summed E-state index contributed by atoms with van der Waals surface area (Å²) >= 11 is 8.86. The molecule has 2 aromatic rings. The number of rotatable bonds is 3. The first kappa shape index (κ1) is 19.7. The Bertz CT molecular complexity index is 1200. The van der Waals surface area contributed by atoms with Gasteiger partial charge in [-0.3, -0.25) is 19.3 Å². The van der Waals surface area contributed by atoms with E-state index >= 15 is 0 Å². The van der Waals surface area contributed by atoms with Crippen LogP contribution >= 0.6 is 35.3 Å². The number of thiazole rings is 1. The largest absolute Gasteiger partial charge is 0.480 e. The summed E-state index contributed by atoms with van der Waals surface area (Å²) in [5.41, 5.74) is 2.47. The molecule has 4 aliphatic rings. The summed E-state index contributed by atoms with van der Waals surface area (Å²) in [5.74, 6) is -1.97. The second kappa shape index (κ2) is 6.76. The maximum Gasteiger partial charge on any atom is 0.323 e. The van der Waals surface area contributed by atoms with E-state index in [1.807, 2.05) is 6.07 Å². The van der Waals surface area contributed by atoms with Crippen molar-refractivity contribution in [3.63, 3.8) is 0 Å². The number of benzene rings is 1. The van der Waals surface area contributed by atoms with Gasteiger partial charge < -0.3 is 10.1 Å². The van der Waals surface area contributed by atoms with E-state index in [2.05, 4.69) is 30.1 Å². The molecule has 0 spiro atoms. The SMILES string of the molecule is Cc1ccccc1C1c2sc(=S)[nH]c2SC2C3CC(C4C(=O)N(CC(=O)O)C(=O)C34)C12. The number of aromatic nitrogens is 1. The standard InChI is InChI=1S/C22H20N2O4S3/c1-8-4-2-3-5-9(8)13-14-10-6-11(17(14)30-19-18(13)31-22(29)23-19)16-15(10)20(27)24(21(16)28)7-12(25)26/h2-5,10-11,13-17H,6-7H2,1H3,(H,23,29)(H,25,26). The zero-order chi connectivity index (χ0) is 21.6. The van der Waals surface area contributed by atoms with Crippen LogP contribution in [0.15, 0.2) is 29.3 Å². The number of aromatic amines is 1. The van der Waals surface area contributed by atoms with Crippen molar-refractivity contribution in [3.05, 3.63) is 44.2 Å². The number of thioether (sulfide) groups is 1. The number of carboxylic acid groups (broad SMARTS) is 1. The second-order valence-corrected chi connectivity index (χ2v) is 11.9. The third kappa shape index (κ3) is 2.63. The number of fused-ring (bicyclic) bond motifs is 9. The molecule has 2 amide bonds. The summed E-state index contributed by atoms with van der Waals surface area (Å²) in [4.78, 5) is 43.1. The van der Waals surface area contributed by atoms with Gasteiger partial charge in [-0.05, 0) is 54.4 Å². The molecule has 2 aliphatic heterocycles. The number of hydrogen-bond acceptors (Lipinski definition) is 6. The minimum Gasteiger partial charge on any atom is -0.480 e. The number of carbonyl (C=O) groups excluding carboxylic acids is 2. The van der Waals surface area contributed by atoms with Gasteiger partial charge in [0.25, 0.3) is 0 Å². The number of carboxylic acids is 1. The fourth-order valence-corrected chi connectivity index (χ4v) is 9.98. The van der Waals surface area contributed by atoms with Crippen LogP contribution in [0.1, 0.15) is 28.3 Å². The highest BCUT2D eigenvalue weighted by molar-refractivity contribution is 8.00. The molecule has 3 heterocycles. The Morgan fingerprint density at radius 3 is 2.65 bits per heavy atom. The molecule has 7 unspecified atom stereocenters. The van der Waals surface area contributed by atoms with E-state index in [-0.39, 0.29) is 46.7 Å². The summed E-state index contributed by atoms with van der Waals surface area (Å²) in [5, 5.41) is 10.5. The summed E-state index contributed by atoms with van der Waals surface area (Å²) in [6.45, 7) is 1.58. The first-order valence-electron chi connectivity index (χ1n) is 10.4. The number of aryl methyl sites for hydroxylation is 1. The van der Waals surface area contributed by atoms with E-state index in [9.17, 15) is 19.5 Å². The lowest BCUT2D eigenvalue weighted by atomic mass is 9.67. The highest BCUT2D eigenvalue weighted by Crippen LogP contribution is 2.68. The van der Waals surface area contributed by atoms with Gasteiger partial charge in [0.05, 0.1) is 16.9 Å². The molecule has 160 valence electrons. The molecular weight excluding hydrogens is 452 g/mol. The number of carbonyl (C=O) groups is 3. The summed E-state index contributed by atoms with van der Waals surface area (Å²) in [6, 6.07) is 8.38. The van der Waals surface area contributed by atoms with Crippen LogP contribution in [-0.2, 0) is 14.4 Å². The van der Waals surface area contributed by atoms with Crippen LogP contribution in [0.2, 0.25) is 0 Å². The molecule has 9 heteroatoms. The molecule has 2 aliphatic carbocycles. The van der Waals surface area contributed by atoms with E-state index in [4.69, 9.17) is 12.2 Å². The number of imide groups is 1. The Labute approximate surface area is 192 Å². The van der Waals surface area contributed by atoms with Gasteiger partial charge in [0.2, 0.25) is 11.8 Å². The van der Waals surface area contributed by atoms with Crippen LogP contribution in [0.3, 0.4) is 0 Å². The molecule has 6 nitrogen and oxygen atoms in total. The molecule has 1 saturated heterocycles. The minimum atomic E-state index is -1.15. The normalized spacial score (nSPS) is 35.3. The van der Waals surface area contributed by atoms with Crippen molar-refractivity contribution in [2.75, 3.05) is 6.54 Å². The number of nitrogens with zero attached hydrogens (tertiary/aromatic N) is 1. The van der Waals surface area contributed by atoms with Crippen LogP contribution in [-0.4, -0.2) is 44.6 Å². The predicted molar refractivity (Wildman–Crippen MR) is 119 cm³/mol. The van der Waals surface area contributed by atoms with Gasteiger partial charge in [-0.15, -0.1) is 23.1 Å². The van der Waals surface area contributed by atoms with Crippen molar-refractivity contribution in [1.29, 1.82) is 0 Å². The first-order chi connectivity index (χ1) is 14.9. The van der Waals surface area contributed by atoms with Crippen LogP contribution in [0.4, 0.5) is 0 Å². The molecule has 1 aromatic carbocycles. The van der Waals surface area contributed by atoms with Crippen molar-refractivity contribution in [2.45, 2.75) is 29.5 Å². The molecular formula is C22H20N2O4S3. The number of hydrogen-bond donors (Lipinski definition) is 2. The highest BCUT2D eigenvalue weighted by atomic mass is 32.2. The molecule has 3 fully saturated rings. The molecule has 7 atom stereocenters. The topological polar surface area (TPSA) is 90.5 Å². The zero-order valence-electron chi connectivity index (χ0n) is 16.6. The molecule has 1 aromatic heterocycles. The summed E-state index contributed by atoms with van der Waals surface area (Å²) in [6.07, 6.45) is 0.855. The highest BCUT2D eigenvalue weighted by Gasteiger charge is 2.69. The third-order valence-corrected chi connectivity index (χ3v) is 10.6. The third-order valence-electron chi connectivity index (χ3n) is 7.63. The number of H-pyrrole nitrogens is 1. The Morgan fingerprint density at radius 2 is 1.94 bits per heavy atom. The van der Waals surface area contributed by atoms with Crippen molar-refractivity contribution in [2.24, 2.45) is 29.6 Å². The first-order valence-corrected chi connectivity index (χ1v) is 12.5. The van der Waals surface area contributed by atoms with E-state index < -0.39 is 18.4 Å². The lowest BCUT2D eigenvalue weighted by Gasteiger charge is -2.43. The van der Waals surface area contributed by atoms with E-state index in [1.165, 1.54) is 16.0 Å². The van der Waals surface area contributed by atoms with Crippen LogP contribution < -0.4 is 0 Å². The molecule has 2 bridgehead atoms. The van der Waals surface area contributed by atoms with Crippen LogP contribution in [0, 0.1) is 40.5 Å². The average molecular weight is 473 g/mol. The molecule has 31 heavy (non-hydrogen) atoms. The fraction of sp³-hybridized carbons (Fsp3) is 0.455. The fourth-order valence-electron chi connectivity index (χ4n) is 6.65. The number of aliphatic carboxylic acids is 1. The van der Waals surface area contributed by atoms with Crippen LogP contribution in [0.5, 0.6) is 0 Å². The maximum absolute atomic E-state index is 13.2. The van der Waals surface area contributed by atoms with Gasteiger partial charge in [0, 0.05) is 16.0 Å². The van der Waals surface area contributed by atoms with E-state index in [0.717, 1.165) is 20.3 Å². The van der Waals surface area contributed by atoms with Gasteiger partial charge >= 0.3 is 5.97 Å². The Morgan fingerprint density at radius 1 is 1.23 bits per heavy atom. The lowest BCUT2D eigenvalue weighted by molar-refractivity contribution is -0.149. The van der Waals surface area contributed by atoms with Gasteiger partial charge in [-0.25, -0.2) is 0 Å². The van der Waals surface area contributed by atoms with Crippen molar-refractivity contribution < 1.29 is 19.5 Å². The maximum atomic E-state index is 13.2.